The quantitative estimate of drug-likeness (QED) is 0.882. The molecule has 1 atom stereocenters. The first-order valence-corrected chi connectivity index (χ1v) is 7.66. The number of fused-ring (bicyclic) bond motifs is 1. The minimum atomic E-state index is -0.0799. The van der Waals surface area contributed by atoms with Crippen molar-refractivity contribution in [2.75, 3.05) is 6.61 Å². The molecule has 0 aliphatic heterocycles. The molecule has 0 amide bonds. The number of aromatic amines is 1. The fourth-order valence-electron chi connectivity index (χ4n) is 2.47. The number of thiazole rings is 1. The van der Waals surface area contributed by atoms with E-state index in [1.54, 1.807) is 11.3 Å². The molecule has 0 spiro atoms. The number of nitrogens with zero attached hydrogens (tertiary/aromatic N) is 2. The summed E-state index contributed by atoms with van der Waals surface area (Å²) in [6, 6.07) is 0. The highest BCUT2D eigenvalue weighted by molar-refractivity contribution is 7.15. The second-order valence-corrected chi connectivity index (χ2v) is 6.04. The summed E-state index contributed by atoms with van der Waals surface area (Å²) in [6.45, 7) is 4.22. The molecule has 0 radical (unpaired) electrons. The summed E-state index contributed by atoms with van der Waals surface area (Å²) in [5.74, 6) is 0.790. The van der Waals surface area contributed by atoms with Gasteiger partial charge in [0.2, 0.25) is 0 Å². The number of hydrogen-bond donors (Lipinski definition) is 1. The molecule has 0 aromatic carbocycles. The van der Waals surface area contributed by atoms with Crippen molar-refractivity contribution in [2.45, 2.75) is 33.1 Å². The number of esters is 1. The van der Waals surface area contributed by atoms with Crippen LogP contribution in [0.4, 0.5) is 0 Å². The van der Waals surface area contributed by atoms with Crippen LogP contribution in [0.2, 0.25) is 0 Å². The van der Waals surface area contributed by atoms with Gasteiger partial charge in [0.05, 0.1) is 18.2 Å². The Balaban J connectivity index is 1.81. The molecule has 0 bridgehead atoms. The molecule has 1 unspecified atom stereocenters. The van der Waals surface area contributed by atoms with E-state index in [4.69, 9.17) is 4.74 Å². The lowest BCUT2D eigenvalue weighted by Crippen LogP contribution is -2.24. The van der Waals surface area contributed by atoms with E-state index < -0.39 is 0 Å². The van der Waals surface area contributed by atoms with E-state index in [0.29, 0.717) is 6.61 Å². The van der Waals surface area contributed by atoms with Crippen molar-refractivity contribution in [3.63, 3.8) is 0 Å². The lowest BCUT2D eigenvalue weighted by molar-refractivity contribution is -0.148. The first-order valence-electron chi connectivity index (χ1n) is 6.85. The molecule has 5 nitrogen and oxygen atoms in total. The Hall–Kier alpha value is -1.69. The highest BCUT2D eigenvalue weighted by atomic mass is 32.1. The largest absolute Gasteiger partial charge is 0.466 e. The molecule has 0 saturated carbocycles. The molecule has 3 rings (SSSR count). The van der Waals surface area contributed by atoms with Crippen molar-refractivity contribution in [3.05, 3.63) is 22.6 Å². The van der Waals surface area contributed by atoms with Crippen LogP contribution in [0.3, 0.4) is 0 Å². The van der Waals surface area contributed by atoms with E-state index in [-0.39, 0.29) is 11.9 Å². The Morgan fingerprint density at radius 2 is 2.40 bits per heavy atom. The van der Waals surface area contributed by atoms with Crippen LogP contribution in [0.15, 0.2) is 6.20 Å². The van der Waals surface area contributed by atoms with Crippen LogP contribution in [0.1, 0.15) is 29.7 Å². The standard InChI is InChI=1S/C14H17N3O2S/c1-3-19-14(18)9-4-5-10-12(6-9)20-13(17-10)11-7-15-8(2)16-11/h7,9H,3-6H2,1-2H3,(H,15,16). The third kappa shape index (κ3) is 2.47. The maximum atomic E-state index is 11.8. The van der Waals surface area contributed by atoms with Crippen LogP contribution in [-0.2, 0) is 22.4 Å². The van der Waals surface area contributed by atoms with Crippen molar-refractivity contribution in [3.8, 4) is 10.7 Å². The van der Waals surface area contributed by atoms with Gasteiger partial charge in [-0.15, -0.1) is 11.3 Å². The van der Waals surface area contributed by atoms with Gasteiger partial charge in [-0.05, 0) is 33.1 Å². The molecule has 1 N–H and O–H groups in total. The van der Waals surface area contributed by atoms with Gasteiger partial charge in [-0.3, -0.25) is 4.79 Å². The molecule has 0 fully saturated rings. The van der Waals surface area contributed by atoms with E-state index in [2.05, 4.69) is 15.0 Å². The summed E-state index contributed by atoms with van der Waals surface area (Å²) in [4.78, 5) is 25.2. The van der Waals surface area contributed by atoms with Crippen LogP contribution < -0.4 is 0 Å². The molecule has 2 aromatic rings. The summed E-state index contributed by atoms with van der Waals surface area (Å²) < 4.78 is 5.12. The zero-order chi connectivity index (χ0) is 14.1. The topological polar surface area (TPSA) is 67.9 Å². The third-order valence-corrected chi connectivity index (χ3v) is 4.63. The maximum absolute atomic E-state index is 11.8. The third-order valence-electron chi connectivity index (χ3n) is 3.48. The molecular formula is C14H17N3O2S. The molecule has 2 heterocycles. The molecule has 1 aliphatic rings. The zero-order valence-corrected chi connectivity index (χ0v) is 12.4. The van der Waals surface area contributed by atoms with Crippen LogP contribution in [0.5, 0.6) is 0 Å². The minimum absolute atomic E-state index is 0.0170. The first-order chi connectivity index (χ1) is 9.67. The Labute approximate surface area is 121 Å². The van der Waals surface area contributed by atoms with Crippen LogP contribution >= 0.6 is 11.3 Å². The smallest absolute Gasteiger partial charge is 0.309 e. The van der Waals surface area contributed by atoms with Gasteiger partial charge >= 0.3 is 5.97 Å². The summed E-state index contributed by atoms with van der Waals surface area (Å²) in [6.07, 6.45) is 4.30. The number of nitrogens with one attached hydrogen (secondary N) is 1. The Morgan fingerprint density at radius 1 is 1.55 bits per heavy atom. The number of aryl methyl sites for hydroxylation is 2. The fraction of sp³-hybridized carbons (Fsp3) is 0.500. The average Bonchev–Trinajstić information content (AvgIpc) is 3.03. The van der Waals surface area contributed by atoms with Crippen molar-refractivity contribution < 1.29 is 9.53 Å². The number of carbonyl (C=O) groups is 1. The summed E-state index contributed by atoms with van der Waals surface area (Å²) in [5.41, 5.74) is 2.00. The number of aromatic nitrogens is 3. The van der Waals surface area contributed by atoms with Gasteiger partial charge in [-0.25, -0.2) is 9.97 Å². The maximum Gasteiger partial charge on any atom is 0.309 e. The van der Waals surface area contributed by atoms with Gasteiger partial charge < -0.3 is 9.72 Å². The Morgan fingerprint density at radius 3 is 3.10 bits per heavy atom. The van der Waals surface area contributed by atoms with E-state index in [1.807, 2.05) is 20.0 Å². The van der Waals surface area contributed by atoms with Crippen molar-refractivity contribution in [1.29, 1.82) is 0 Å². The highest BCUT2D eigenvalue weighted by Gasteiger charge is 2.28. The Kier molecular flexibility index (Phi) is 3.56. The second kappa shape index (κ2) is 5.36. The molecular weight excluding hydrogens is 274 g/mol. The predicted molar refractivity (Wildman–Crippen MR) is 76.6 cm³/mol. The Bertz CT molecular complexity index is 632. The van der Waals surface area contributed by atoms with Crippen LogP contribution in [-0.4, -0.2) is 27.5 Å². The monoisotopic (exact) mass is 291 g/mol. The van der Waals surface area contributed by atoms with Gasteiger partial charge in [0.25, 0.3) is 0 Å². The lowest BCUT2D eigenvalue weighted by atomic mass is 9.91. The highest BCUT2D eigenvalue weighted by Crippen LogP contribution is 2.34. The zero-order valence-electron chi connectivity index (χ0n) is 11.6. The molecule has 2 aromatic heterocycles. The van der Waals surface area contributed by atoms with E-state index in [9.17, 15) is 4.79 Å². The summed E-state index contributed by atoms with van der Waals surface area (Å²) in [7, 11) is 0. The molecule has 20 heavy (non-hydrogen) atoms. The van der Waals surface area contributed by atoms with Gasteiger partial charge in [-0.1, -0.05) is 0 Å². The number of rotatable bonds is 3. The SMILES string of the molecule is CCOC(=O)C1CCc2nc(-c3c[nH]c(C)n3)sc2C1. The molecule has 106 valence electrons. The van der Waals surface area contributed by atoms with Gasteiger partial charge in [-0.2, -0.15) is 0 Å². The summed E-state index contributed by atoms with van der Waals surface area (Å²) in [5, 5.41) is 0.934. The van der Waals surface area contributed by atoms with Crippen molar-refractivity contribution in [1.82, 2.24) is 15.0 Å². The molecule has 1 aliphatic carbocycles. The summed E-state index contributed by atoms with van der Waals surface area (Å²) >= 11 is 1.64. The van der Waals surface area contributed by atoms with Gasteiger partial charge in [0, 0.05) is 11.1 Å². The first kappa shape index (κ1) is 13.3. The van der Waals surface area contributed by atoms with E-state index >= 15 is 0 Å². The lowest BCUT2D eigenvalue weighted by Gasteiger charge is -2.19. The number of ether oxygens (including phenoxy) is 1. The average molecular weight is 291 g/mol. The van der Waals surface area contributed by atoms with Gasteiger partial charge in [0.1, 0.15) is 16.5 Å². The predicted octanol–water partition coefficient (Wildman–Crippen LogP) is 2.51. The number of imidazole rings is 1. The van der Waals surface area contributed by atoms with Crippen molar-refractivity contribution in [2.24, 2.45) is 5.92 Å². The van der Waals surface area contributed by atoms with Crippen LogP contribution in [0, 0.1) is 12.8 Å². The number of H-pyrrole nitrogens is 1. The van der Waals surface area contributed by atoms with E-state index in [0.717, 1.165) is 41.5 Å². The normalized spacial score (nSPS) is 17.8. The van der Waals surface area contributed by atoms with E-state index in [1.165, 1.54) is 4.88 Å². The molecule has 0 saturated heterocycles. The van der Waals surface area contributed by atoms with Gasteiger partial charge in [0.15, 0.2) is 0 Å². The minimum Gasteiger partial charge on any atom is -0.466 e. The number of carbonyl (C=O) groups excluding carboxylic acids is 1. The fourth-order valence-corrected chi connectivity index (χ4v) is 3.62. The van der Waals surface area contributed by atoms with Crippen LogP contribution in [0.25, 0.3) is 10.7 Å². The molecule has 6 heteroatoms. The van der Waals surface area contributed by atoms with Crippen molar-refractivity contribution >= 4 is 17.3 Å². The second-order valence-electron chi connectivity index (χ2n) is 4.95. The number of hydrogen-bond acceptors (Lipinski definition) is 5.